The Kier molecular flexibility index (Phi) is 9.55. The average molecular weight is 446 g/mol. The van der Waals surface area contributed by atoms with Gasteiger partial charge in [0.1, 0.15) is 11.5 Å². The van der Waals surface area contributed by atoms with Gasteiger partial charge in [-0.1, -0.05) is 13.8 Å². The summed E-state index contributed by atoms with van der Waals surface area (Å²) in [7, 11) is 0. The Balaban J connectivity index is 0.00000210. The van der Waals surface area contributed by atoms with Crippen LogP contribution in [0.2, 0.25) is 0 Å². The Morgan fingerprint density at radius 3 is 2.48 bits per heavy atom. The molecular formula is C20H30Cl2FN5O. The molecule has 1 saturated heterocycles. The maximum Gasteiger partial charge on any atom is 0.290 e. The molecule has 0 saturated carbocycles. The predicted molar refractivity (Wildman–Crippen MR) is 121 cm³/mol. The fraction of sp³-hybridized carbons (Fsp3) is 0.500. The molecule has 0 atom stereocenters. The normalized spacial score (nSPS) is 13.8. The maximum absolute atomic E-state index is 13.9. The fourth-order valence-electron chi connectivity index (χ4n) is 3.52. The molecule has 0 spiro atoms. The lowest BCUT2D eigenvalue weighted by Crippen LogP contribution is -2.47. The Bertz CT molecular complexity index is 882. The van der Waals surface area contributed by atoms with Crippen LogP contribution < -0.4 is 21.5 Å². The summed E-state index contributed by atoms with van der Waals surface area (Å²) in [5.41, 5.74) is 9.07. The summed E-state index contributed by atoms with van der Waals surface area (Å²) < 4.78 is 15.5. The lowest BCUT2D eigenvalue weighted by Gasteiger charge is -2.31. The van der Waals surface area contributed by atoms with Crippen LogP contribution in [0.1, 0.15) is 25.0 Å². The first kappa shape index (κ1) is 25.4. The summed E-state index contributed by atoms with van der Waals surface area (Å²) in [4.78, 5) is 15.3. The lowest BCUT2D eigenvalue weighted by atomic mass is 10.0. The van der Waals surface area contributed by atoms with Crippen LogP contribution in [0.4, 0.5) is 10.1 Å². The van der Waals surface area contributed by atoms with Crippen molar-refractivity contribution in [2.24, 2.45) is 11.7 Å². The largest absolute Gasteiger partial charge is 0.364 e. The zero-order chi connectivity index (χ0) is 19.6. The van der Waals surface area contributed by atoms with E-state index in [0.29, 0.717) is 23.5 Å². The summed E-state index contributed by atoms with van der Waals surface area (Å²) in [6.45, 7) is 9.93. The Hall–Kier alpha value is -1.67. The third-order valence-electron chi connectivity index (χ3n) is 4.88. The van der Waals surface area contributed by atoms with Crippen molar-refractivity contribution in [3.63, 3.8) is 0 Å². The van der Waals surface area contributed by atoms with Crippen molar-refractivity contribution in [3.8, 4) is 11.3 Å². The van der Waals surface area contributed by atoms with Gasteiger partial charge in [0, 0.05) is 56.0 Å². The second-order valence-electron chi connectivity index (χ2n) is 7.45. The van der Waals surface area contributed by atoms with Crippen LogP contribution in [-0.4, -0.2) is 36.0 Å². The number of nitrogens with zero attached hydrogens (tertiary/aromatic N) is 3. The number of nitrogens with one attached hydrogen (secondary N) is 1. The van der Waals surface area contributed by atoms with Crippen LogP contribution in [0.15, 0.2) is 23.0 Å². The standard InChI is InChI=1S/C20H28FN5O.2ClH/c1-13(2)12-26-20(27)19(25-8-6-23-7-9-25)14(3)18(24-26)15-4-5-17(21)16(10-15)11-22;;/h4-5,10,13,23H,6-9,11-12,22H2,1-3H3;2*1H. The number of hydrogen-bond acceptors (Lipinski definition) is 5. The highest BCUT2D eigenvalue weighted by Gasteiger charge is 2.22. The van der Waals surface area contributed by atoms with E-state index in [4.69, 9.17) is 5.73 Å². The molecule has 0 amide bonds. The maximum atomic E-state index is 13.9. The number of nitrogens with two attached hydrogens (primary N) is 1. The molecular weight excluding hydrogens is 416 g/mol. The minimum atomic E-state index is -0.322. The number of rotatable bonds is 5. The quantitative estimate of drug-likeness (QED) is 0.739. The van der Waals surface area contributed by atoms with Gasteiger partial charge in [0.05, 0.1) is 5.69 Å². The van der Waals surface area contributed by atoms with Gasteiger partial charge in [-0.3, -0.25) is 4.79 Å². The van der Waals surface area contributed by atoms with E-state index in [9.17, 15) is 9.18 Å². The van der Waals surface area contributed by atoms with Crippen molar-refractivity contribution in [1.82, 2.24) is 15.1 Å². The summed E-state index contributed by atoms with van der Waals surface area (Å²) in [6, 6.07) is 4.85. The first-order valence-electron chi connectivity index (χ1n) is 9.48. The van der Waals surface area contributed by atoms with Gasteiger partial charge < -0.3 is 16.0 Å². The predicted octanol–water partition coefficient (Wildman–Crippen LogP) is 2.73. The van der Waals surface area contributed by atoms with Gasteiger partial charge in [-0.05, 0) is 31.0 Å². The van der Waals surface area contributed by atoms with E-state index < -0.39 is 0 Å². The van der Waals surface area contributed by atoms with E-state index in [1.807, 2.05) is 6.92 Å². The molecule has 1 aliphatic rings. The van der Waals surface area contributed by atoms with Crippen LogP contribution in [0.25, 0.3) is 11.3 Å². The van der Waals surface area contributed by atoms with Crippen molar-refractivity contribution in [1.29, 1.82) is 0 Å². The van der Waals surface area contributed by atoms with Gasteiger partial charge in [0.15, 0.2) is 0 Å². The molecule has 1 aromatic carbocycles. The van der Waals surface area contributed by atoms with Crippen LogP contribution in [0.5, 0.6) is 0 Å². The molecule has 0 aliphatic carbocycles. The number of piperazine rings is 1. The smallest absolute Gasteiger partial charge is 0.290 e. The molecule has 1 aliphatic heterocycles. The highest BCUT2D eigenvalue weighted by Crippen LogP contribution is 2.28. The monoisotopic (exact) mass is 445 g/mol. The van der Waals surface area contributed by atoms with Crippen molar-refractivity contribution in [2.75, 3.05) is 31.1 Å². The number of aromatic nitrogens is 2. The molecule has 2 aromatic rings. The molecule has 3 N–H and O–H groups in total. The Morgan fingerprint density at radius 1 is 1.24 bits per heavy atom. The number of benzene rings is 1. The van der Waals surface area contributed by atoms with Gasteiger partial charge in [-0.2, -0.15) is 5.10 Å². The van der Waals surface area contributed by atoms with Crippen molar-refractivity contribution < 1.29 is 4.39 Å². The molecule has 9 heteroatoms. The number of hydrogen-bond donors (Lipinski definition) is 2. The first-order valence-corrected chi connectivity index (χ1v) is 9.48. The average Bonchev–Trinajstić information content (AvgIpc) is 2.65. The molecule has 6 nitrogen and oxygen atoms in total. The fourth-order valence-corrected chi connectivity index (χ4v) is 3.52. The van der Waals surface area contributed by atoms with Crippen LogP contribution in [0.3, 0.4) is 0 Å². The Morgan fingerprint density at radius 2 is 1.90 bits per heavy atom. The van der Waals surface area contributed by atoms with Crippen molar-refractivity contribution in [2.45, 2.75) is 33.9 Å². The minimum absolute atomic E-state index is 0. The first-order chi connectivity index (χ1) is 12.9. The third kappa shape index (κ3) is 5.48. The topological polar surface area (TPSA) is 76.2 Å². The minimum Gasteiger partial charge on any atom is -0.364 e. The van der Waals surface area contributed by atoms with E-state index in [0.717, 1.165) is 37.3 Å². The van der Waals surface area contributed by atoms with Crippen LogP contribution in [0, 0.1) is 18.7 Å². The van der Waals surface area contributed by atoms with Gasteiger partial charge >= 0.3 is 0 Å². The zero-order valence-electron chi connectivity index (χ0n) is 17.1. The van der Waals surface area contributed by atoms with Gasteiger partial charge in [-0.25, -0.2) is 9.07 Å². The molecule has 1 fully saturated rings. The van der Waals surface area contributed by atoms with Gasteiger partial charge in [0.25, 0.3) is 5.56 Å². The lowest BCUT2D eigenvalue weighted by molar-refractivity contribution is 0.462. The zero-order valence-corrected chi connectivity index (χ0v) is 18.7. The molecule has 3 rings (SSSR count). The summed E-state index contributed by atoms with van der Waals surface area (Å²) in [5, 5.41) is 7.96. The van der Waals surface area contributed by atoms with E-state index in [2.05, 4.69) is 29.2 Å². The van der Waals surface area contributed by atoms with E-state index in [-0.39, 0.29) is 48.7 Å². The Labute approximate surface area is 183 Å². The highest BCUT2D eigenvalue weighted by molar-refractivity contribution is 5.85. The second kappa shape index (κ2) is 10.9. The second-order valence-corrected chi connectivity index (χ2v) is 7.45. The molecule has 0 bridgehead atoms. The molecule has 0 radical (unpaired) electrons. The summed E-state index contributed by atoms with van der Waals surface area (Å²) in [6.07, 6.45) is 0. The van der Waals surface area contributed by atoms with E-state index in [1.54, 1.807) is 16.8 Å². The van der Waals surface area contributed by atoms with Gasteiger partial charge in [-0.15, -0.1) is 24.8 Å². The van der Waals surface area contributed by atoms with Gasteiger partial charge in [0.2, 0.25) is 0 Å². The molecule has 162 valence electrons. The van der Waals surface area contributed by atoms with Crippen LogP contribution in [-0.2, 0) is 13.1 Å². The number of anilines is 1. The molecule has 2 heterocycles. The van der Waals surface area contributed by atoms with E-state index in [1.165, 1.54) is 6.07 Å². The van der Waals surface area contributed by atoms with E-state index >= 15 is 0 Å². The van der Waals surface area contributed by atoms with Crippen LogP contribution >= 0.6 is 24.8 Å². The van der Waals surface area contributed by atoms with Crippen molar-refractivity contribution >= 4 is 30.5 Å². The summed E-state index contributed by atoms with van der Waals surface area (Å²) in [5.74, 6) is -0.0359. The SMILES string of the molecule is Cc1c(-c2ccc(F)c(CN)c2)nn(CC(C)C)c(=O)c1N1CCNCC1.Cl.Cl. The summed E-state index contributed by atoms with van der Waals surface area (Å²) >= 11 is 0. The highest BCUT2D eigenvalue weighted by atomic mass is 35.5. The third-order valence-corrected chi connectivity index (χ3v) is 4.88. The molecule has 1 aromatic heterocycles. The van der Waals surface area contributed by atoms with Crippen molar-refractivity contribution in [3.05, 3.63) is 45.5 Å². The number of halogens is 3. The molecule has 0 unspecified atom stereocenters. The molecule has 29 heavy (non-hydrogen) atoms.